The van der Waals surface area contributed by atoms with Crippen LogP contribution in [0.3, 0.4) is 0 Å². The van der Waals surface area contributed by atoms with Crippen molar-refractivity contribution in [2.45, 2.75) is 31.3 Å². The van der Waals surface area contributed by atoms with E-state index in [1.807, 2.05) is 0 Å². The molecule has 1 aromatic carbocycles. The van der Waals surface area contributed by atoms with Crippen LogP contribution in [0.15, 0.2) is 18.2 Å². The Morgan fingerprint density at radius 1 is 1.43 bits per heavy atom. The van der Waals surface area contributed by atoms with E-state index in [4.69, 9.17) is 0 Å². The number of hydrogen-bond acceptors (Lipinski definition) is 3. The number of halogens is 4. The lowest BCUT2D eigenvalue weighted by Crippen LogP contribution is -2.40. The second-order valence-electron chi connectivity index (χ2n) is 4.87. The highest BCUT2D eigenvalue weighted by Crippen LogP contribution is 2.32. The van der Waals surface area contributed by atoms with Gasteiger partial charge in [0.25, 0.3) is 0 Å². The SMILES string of the molecule is O=C(NCc1ccc(F)cc1C(F)(F)F)[C@H]1C[C@H](O)CN1. The molecule has 1 fully saturated rings. The summed E-state index contributed by atoms with van der Waals surface area (Å²) in [5.74, 6) is -1.48. The maximum Gasteiger partial charge on any atom is 0.416 e. The van der Waals surface area contributed by atoms with Gasteiger partial charge in [-0.15, -0.1) is 0 Å². The minimum absolute atomic E-state index is 0.210. The van der Waals surface area contributed by atoms with Gasteiger partial charge in [-0.3, -0.25) is 4.79 Å². The molecule has 3 N–H and O–H groups in total. The summed E-state index contributed by atoms with van der Waals surface area (Å²) in [6.07, 6.45) is -5.12. The first kappa shape index (κ1) is 15.7. The number of hydrogen-bond donors (Lipinski definition) is 3. The van der Waals surface area contributed by atoms with Gasteiger partial charge in [-0.2, -0.15) is 13.2 Å². The molecule has 8 heteroatoms. The fraction of sp³-hybridized carbons (Fsp3) is 0.462. The summed E-state index contributed by atoms with van der Waals surface area (Å²) in [7, 11) is 0. The maximum absolute atomic E-state index is 12.9. The highest BCUT2D eigenvalue weighted by molar-refractivity contribution is 5.82. The Bertz CT molecular complexity index is 533. The molecule has 1 aromatic rings. The molecule has 1 heterocycles. The third-order valence-electron chi connectivity index (χ3n) is 3.25. The molecular weight excluding hydrogens is 292 g/mol. The Hall–Kier alpha value is -1.67. The lowest BCUT2D eigenvalue weighted by molar-refractivity contribution is -0.138. The Morgan fingerprint density at radius 3 is 2.71 bits per heavy atom. The van der Waals surface area contributed by atoms with Gasteiger partial charge in [0, 0.05) is 13.1 Å². The number of alkyl halides is 3. The van der Waals surface area contributed by atoms with Crippen molar-refractivity contribution in [2.24, 2.45) is 0 Å². The number of rotatable bonds is 3. The Labute approximate surface area is 118 Å². The van der Waals surface area contributed by atoms with Gasteiger partial charge in [0.05, 0.1) is 17.7 Å². The second kappa shape index (κ2) is 5.98. The van der Waals surface area contributed by atoms with E-state index >= 15 is 0 Å². The molecule has 0 aliphatic carbocycles. The quantitative estimate of drug-likeness (QED) is 0.735. The van der Waals surface area contributed by atoms with E-state index in [0.29, 0.717) is 6.07 Å². The highest BCUT2D eigenvalue weighted by atomic mass is 19.4. The summed E-state index contributed by atoms with van der Waals surface area (Å²) < 4.78 is 51.3. The summed E-state index contributed by atoms with van der Waals surface area (Å²) in [4.78, 5) is 11.8. The van der Waals surface area contributed by atoms with Gasteiger partial charge in [-0.05, 0) is 24.1 Å². The number of aliphatic hydroxyl groups excluding tert-OH is 1. The molecule has 0 radical (unpaired) electrons. The van der Waals surface area contributed by atoms with Gasteiger partial charge in [-0.25, -0.2) is 4.39 Å². The molecule has 0 unspecified atom stereocenters. The van der Waals surface area contributed by atoms with Crippen molar-refractivity contribution in [3.8, 4) is 0 Å². The van der Waals surface area contributed by atoms with Crippen LogP contribution in [0.4, 0.5) is 17.6 Å². The van der Waals surface area contributed by atoms with Gasteiger partial charge in [0.1, 0.15) is 5.82 Å². The van der Waals surface area contributed by atoms with Crippen LogP contribution in [0.5, 0.6) is 0 Å². The number of aliphatic hydroxyl groups is 1. The van der Waals surface area contributed by atoms with Gasteiger partial charge in [0.2, 0.25) is 5.91 Å². The molecule has 2 rings (SSSR count). The molecule has 2 atom stereocenters. The van der Waals surface area contributed by atoms with E-state index in [1.165, 1.54) is 0 Å². The molecular formula is C13H14F4N2O2. The predicted octanol–water partition coefficient (Wildman–Crippen LogP) is 1.18. The first-order valence-corrected chi connectivity index (χ1v) is 6.32. The van der Waals surface area contributed by atoms with E-state index in [1.54, 1.807) is 0 Å². The summed E-state index contributed by atoms with van der Waals surface area (Å²) in [5.41, 5.74) is -1.32. The number of carbonyl (C=O) groups is 1. The largest absolute Gasteiger partial charge is 0.416 e. The van der Waals surface area contributed by atoms with E-state index < -0.39 is 35.6 Å². The van der Waals surface area contributed by atoms with E-state index in [9.17, 15) is 27.5 Å². The molecule has 21 heavy (non-hydrogen) atoms. The zero-order valence-electron chi connectivity index (χ0n) is 10.9. The van der Waals surface area contributed by atoms with Gasteiger partial charge in [0.15, 0.2) is 0 Å². The van der Waals surface area contributed by atoms with Crippen molar-refractivity contribution >= 4 is 5.91 Å². The standard InChI is InChI=1S/C13H14F4N2O2/c14-8-2-1-7(10(3-8)13(15,16)17)5-19-12(21)11-4-9(20)6-18-11/h1-3,9,11,18,20H,4-6H2,(H,19,21)/t9-,11+/m0/s1. The lowest BCUT2D eigenvalue weighted by Gasteiger charge is -2.15. The zero-order chi connectivity index (χ0) is 15.6. The van der Waals surface area contributed by atoms with Crippen molar-refractivity contribution in [1.82, 2.24) is 10.6 Å². The maximum atomic E-state index is 12.9. The number of amides is 1. The van der Waals surface area contributed by atoms with Gasteiger partial charge < -0.3 is 15.7 Å². The third kappa shape index (κ3) is 3.92. The number of β-amino-alcohol motifs (C(OH)–C–C–N with tert-alkyl or cyclic N) is 1. The van der Waals surface area contributed by atoms with Crippen molar-refractivity contribution < 1.29 is 27.5 Å². The topological polar surface area (TPSA) is 61.4 Å². The fourth-order valence-electron chi connectivity index (χ4n) is 2.19. The molecule has 1 aliphatic rings. The Morgan fingerprint density at radius 2 is 2.14 bits per heavy atom. The average molecular weight is 306 g/mol. The number of nitrogens with one attached hydrogen (secondary N) is 2. The van der Waals surface area contributed by atoms with Crippen LogP contribution in [-0.4, -0.2) is 29.7 Å². The number of carbonyl (C=O) groups excluding carboxylic acids is 1. The third-order valence-corrected chi connectivity index (χ3v) is 3.25. The molecule has 4 nitrogen and oxygen atoms in total. The molecule has 0 spiro atoms. The minimum Gasteiger partial charge on any atom is -0.392 e. The molecule has 1 aliphatic heterocycles. The summed E-state index contributed by atoms with van der Waals surface area (Å²) in [6.45, 7) is -0.0926. The first-order chi connectivity index (χ1) is 9.77. The van der Waals surface area contributed by atoms with Gasteiger partial charge in [-0.1, -0.05) is 6.07 Å². The Balaban J connectivity index is 2.05. The van der Waals surface area contributed by atoms with Crippen LogP contribution in [0.25, 0.3) is 0 Å². The summed E-state index contributed by atoms with van der Waals surface area (Å²) in [5, 5.41) is 14.4. The van der Waals surface area contributed by atoms with E-state index in [-0.39, 0.29) is 25.1 Å². The van der Waals surface area contributed by atoms with Crippen molar-refractivity contribution in [3.05, 3.63) is 35.1 Å². The van der Waals surface area contributed by atoms with Crippen LogP contribution < -0.4 is 10.6 Å². The fourth-order valence-corrected chi connectivity index (χ4v) is 2.19. The summed E-state index contributed by atoms with van der Waals surface area (Å²) >= 11 is 0. The van der Waals surface area contributed by atoms with Crippen LogP contribution in [-0.2, 0) is 17.5 Å². The smallest absolute Gasteiger partial charge is 0.392 e. The monoisotopic (exact) mass is 306 g/mol. The highest BCUT2D eigenvalue weighted by Gasteiger charge is 2.34. The van der Waals surface area contributed by atoms with Crippen molar-refractivity contribution in [2.75, 3.05) is 6.54 Å². The van der Waals surface area contributed by atoms with Crippen molar-refractivity contribution in [3.63, 3.8) is 0 Å². The average Bonchev–Trinajstić information content (AvgIpc) is 2.82. The molecule has 1 saturated heterocycles. The molecule has 0 saturated carbocycles. The predicted molar refractivity (Wildman–Crippen MR) is 65.7 cm³/mol. The van der Waals surface area contributed by atoms with Gasteiger partial charge >= 0.3 is 6.18 Å². The normalized spacial score (nSPS) is 22.3. The van der Waals surface area contributed by atoms with Crippen LogP contribution in [0.2, 0.25) is 0 Å². The minimum atomic E-state index is -4.69. The molecule has 116 valence electrons. The molecule has 1 amide bonds. The van der Waals surface area contributed by atoms with Crippen LogP contribution >= 0.6 is 0 Å². The van der Waals surface area contributed by atoms with Crippen molar-refractivity contribution in [1.29, 1.82) is 0 Å². The zero-order valence-corrected chi connectivity index (χ0v) is 10.9. The number of benzene rings is 1. The van der Waals surface area contributed by atoms with E-state index in [2.05, 4.69) is 10.6 Å². The lowest BCUT2D eigenvalue weighted by atomic mass is 10.1. The van der Waals surface area contributed by atoms with Crippen LogP contribution in [0, 0.1) is 5.82 Å². The van der Waals surface area contributed by atoms with E-state index in [0.717, 1.165) is 12.1 Å². The molecule has 0 bridgehead atoms. The second-order valence-corrected chi connectivity index (χ2v) is 4.87. The molecule has 0 aromatic heterocycles. The summed E-state index contributed by atoms with van der Waals surface area (Å²) in [6, 6.07) is 1.68. The Kier molecular flexibility index (Phi) is 4.48. The van der Waals surface area contributed by atoms with Crippen LogP contribution in [0.1, 0.15) is 17.5 Å². The first-order valence-electron chi connectivity index (χ1n) is 6.32.